The Labute approximate surface area is 240 Å². The minimum absolute atomic E-state index is 1.07. The van der Waals surface area contributed by atoms with E-state index in [0.717, 1.165) is 5.69 Å². The van der Waals surface area contributed by atoms with Crippen LogP contribution in [0.4, 0.5) is 0 Å². The van der Waals surface area contributed by atoms with Crippen LogP contribution in [0.2, 0.25) is 0 Å². The van der Waals surface area contributed by atoms with Gasteiger partial charge in [0, 0.05) is 31.3 Å². The van der Waals surface area contributed by atoms with Crippen LogP contribution in [0.3, 0.4) is 0 Å². The number of pyridine rings is 1. The first-order valence-electron chi connectivity index (χ1n) is 13.2. The van der Waals surface area contributed by atoms with E-state index >= 15 is 0 Å². The second-order valence-electron chi connectivity index (χ2n) is 8.94. The summed E-state index contributed by atoms with van der Waals surface area (Å²) in [6, 6.07) is 36.6. The molecule has 0 saturated carbocycles. The highest BCUT2D eigenvalue weighted by atomic mass is 15.0. The van der Waals surface area contributed by atoms with E-state index in [1.807, 2.05) is 128 Å². The van der Waals surface area contributed by atoms with Gasteiger partial charge in [-0.25, -0.2) is 9.55 Å². The lowest BCUT2D eigenvalue weighted by molar-refractivity contribution is -0.670. The number of aromatic nitrogens is 5. The van der Waals surface area contributed by atoms with Gasteiger partial charge in [0.05, 0.1) is 13.4 Å². The number of nitrogens with zero attached hydrogens (tertiary/aromatic N) is 4. The Hall–Kier alpha value is -4.77. The molecule has 0 bridgehead atoms. The summed E-state index contributed by atoms with van der Waals surface area (Å²) in [5, 5.41) is 0. The monoisotopic (exact) mass is 534 g/mol. The van der Waals surface area contributed by atoms with E-state index in [9.17, 15) is 0 Å². The van der Waals surface area contributed by atoms with E-state index in [-0.39, 0.29) is 0 Å². The van der Waals surface area contributed by atoms with Gasteiger partial charge in [-0.2, -0.15) is 0 Å². The van der Waals surface area contributed by atoms with Gasteiger partial charge in [0.2, 0.25) is 6.33 Å². The summed E-state index contributed by atoms with van der Waals surface area (Å²) < 4.78 is 3.83. The zero-order valence-corrected chi connectivity index (χ0v) is 24.7. The van der Waals surface area contributed by atoms with Gasteiger partial charge in [-0.05, 0) is 39.8 Å². The van der Waals surface area contributed by atoms with Crippen molar-refractivity contribution in [1.29, 1.82) is 0 Å². The molecule has 6 rings (SSSR count). The van der Waals surface area contributed by atoms with Gasteiger partial charge in [-0.15, -0.1) is 0 Å². The van der Waals surface area contributed by atoms with Crippen molar-refractivity contribution in [3.05, 3.63) is 175 Å². The van der Waals surface area contributed by atoms with Crippen molar-refractivity contribution >= 4 is 0 Å². The Morgan fingerprint density at radius 2 is 1.10 bits per heavy atom. The van der Waals surface area contributed by atoms with Gasteiger partial charge in [0.1, 0.15) is 12.4 Å². The molecule has 0 spiro atoms. The van der Waals surface area contributed by atoms with Crippen LogP contribution in [-0.4, -0.2) is 19.5 Å². The lowest BCUT2D eigenvalue weighted by Gasteiger charge is -1.82. The highest BCUT2D eigenvalue weighted by Crippen LogP contribution is 1.93. The molecule has 40 heavy (non-hydrogen) atoms. The molecule has 0 aliphatic carbocycles. The highest BCUT2D eigenvalue weighted by molar-refractivity contribution is 5.13. The van der Waals surface area contributed by atoms with Crippen molar-refractivity contribution in [2.24, 2.45) is 14.1 Å². The molecule has 1 N–H and O–H groups in total. The van der Waals surface area contributed by atoms with Crippen LogP contribution in [0.15, 0.2) is 153 Å². The molecule has 0 unspecified atom stereocenters. The summed E-state index contributed by atoms with van der Waals surface area (Å²) in [7, 11) is 3.91. The molecule has 0 saturated heterocycles. The van der Waals surface area contributed by atoms with Crippen LogP contribution in [0.25, 0.3) is 0 Å². The van der Waals surface area contributed by atoms with E-state index in [4.69, 9.17) is 0 Å². The molecule has 3 aromatic carbocycles. The molecule has 0 fully saturated rings. The first-order chi connectivity index (χ1) is 19.4. The molecular weight excluding hydrogens is 490 g/mol. The van der Waals surface area contributed by atoms with E-state index < -0.39 is 0 Å². The Kier molecular flexibility index (Phi) is 18.5. The summed E-state index contributed by atoms with van der Waals surface area (Å²) in [6.45, 7) is 8.22. The highest BCUT2D eigenvalue weighted by Gasteiger charge is 1.78. The number of rotatable bonds is 0. The molecular formula is C35H44N5+. The minimum Gasteiger partial charge on any atom is -0.341 e. The normalized spacial score (nSPS) is 8.75. The quantitative estimate of drug-likeness (QED) is 0.204. The van der Waals surface area contributed by atoms with Crippen molar-refractivity contribution < 1.29 is 4.57 Å². The van der Waals surface area contributed by atoms with E-state index in [1.165, 1.54) is 16.7 Å². The van der Waals surface area contributed by atoms with Crippen molar-refractivity contribution in [3.63, 3.8) is 0 Å². The maximum atomic E-state index is 3.98. The summed E-state index contributed by atoms with van der Waals surface area (Å²) >= 11 is 0. The maximum absolute atomic E-state index is 3.98. The molecule has 3 aromatic heterocycles. The Morgan fingerprint density at radius 3 is 1.25 bits per heavy atom. The van der Waals surface area contributed by atoms with Crippen molar-refractivity contribution in [2.75, 3.05) is 0 Å². The topological polar surface area (TPSA) is 50.4 Å². The second-order valence-corrected chi connectivity index (χ2v) is 8.94. The smallest absolute Gasteiger partial charge is 0.241 e. The predicted octanol–water partition coefficient (Wildman–Crippen LogP) is 7.63. The summed E-state index contributed by atoms with van der Waals surface area (Å²) in [6.07, 6.45) is 12.9. The van der Waals surface area contributed by atoms with Gasteiger partial charge < -0.3 is 4.57 Å². The van der Waals surface area contributed by atoms with Crippen LogP contribution in [0.1, 0.15) is 22.4 Å². The fraction of sp³-hybridized carbons (Fsp3) is 0.171. The first-order valence-corrected chi connectivity index (χ1v) is 13.2. The third-order valence-corrected chi connectivity index (χ3v) is 4.95. The third-order valence-electron chi connectivity index (χ3n) is 4.95. The van der Waals surface area contributed by atoms with Gasteiger partial charge in [0.25, 0.3) is 0 Å². The molecule has 3 heterocycles. The predicted molar refractivity (Wildman–Crippen MR) is 168 cm³/mol. The van der Waals surface area contributed by atoms with Crippen LogP contribution in [0.5, 0.6) is 0 Å². The summed E-state index contributed by atoms with van der Waals surface area (Å²) in [5.74, 6) is 0. The average Bonchev–Trinajstić information content (AvgIpc) is 3.66. The van der Waals surface area contributed by atoms with Crippen LogP contribution in [0, 0.1) is 27.7 Å². The fourth-order valence-electron chi connectivity index (χ4n) is 2.74. The first kappa shape index (κ1) is 33.3. The SMILES string of the molecule is C[n+]1cc[nH]c1.Cc1ccccc1.Cc1ccccc1.Cc1ccccc1.Cc1ccccn1.Cn1ccnc1. The van der Waals surface area contributed by atoms with Gasteiger partial charge in [-0.3, -0.25) is 9.97 Å². The number of benzene rings is 3. The maximum Gasteiger partial charge on any atom is 0.241 e. The van der Waals surface area contributed by atoms with Crippen LogP contribution < -0.4 is 4.57 Å². The van der Waals surface area contributed by atoms with Crippen LogP contribution in [-0.2, 0) is 14.1 Å². The third kappa shape index (κ3) is 20.3. The van der Waals surface area contributed by atoms with Gasteiger partial charge >= 0.3 is 0 Å². The van der Waals surface area contributed by atoms with Crippen LogP contribution >= 0.6 is 0 Å². The molecule has 5 nitrogen and oxygen atoms in total. The van der Waals surface area contributed by atoms with Gasteiger partial charge in [0.15, 0.2) is 0 Å². The minimum atomic E-state index is 1.07. The van der Waals surface area contributed by atoms with Crippen molar-refractivity contribution in [2.45, 2.75) is 27.7 Å². The number of H-pyrrole nitrogens is 1. The zero-order chi connectivity index (χ0) is 29.3. The molecule has 0 aliphatic rings. The molecule has 0 atom stereocenters. The standard InChI is InChI=1S/3C7H8.C6H7N.2C4H6N2/c3*1-7-5-3-2-4-6-7;1-6-4-2-3-5-7-6;2*1-6-3-2-5-4-6/h3*2-6H,1H3;2-5H,1H3;2*2-4H,1H3/p+1. The molecule has 5 heteroatoms. The van der Waals surface area contributed by atoms with E-state index in [1.54, 1.807) is 18.7 Å². The lowest BCUT2D eigenvalue weighted by atomic mass is 10.2. The van der Waals surface area contributed by atoms with Crippen molar-refractivity contribution in [1.82, 2.24) is 19.5 Å². The molecule has 6 aromatic rings. The fourth-order valence-corrected chi connectivity index (χ4v) is 2.74. The number of hydrogen-bond donors (Lipinski definition) is 1. The molecule has 0 amide bonds. The number of aryl methyl sites for hydroxylation is 6. The summed E-state index contributed by atoms with van der Waals surface area (Å²) in [5.41, 5.74) is 5.04. The lowest BCUT2D eigenvalue weighted by Crippen LogP contribution is -2.22. The average molecular weight is 535 g/mol. The largest absolute Gasteiger partial charge is 0.341 e. The number of imidazole rings is 2. The molecule has 0 aliphatic heterocycles. The van der Waals surface area contributed by atoms with Crippen molar-refractivity contribution in [3.8, 4) is 0 Å². The van der Waals surface area contributed by atoms with Gasteiger partial charge in [-0.1, -0.05) is 114 Å². The summed E-state index contributed by atoms with van der Waals surface area (Å²) in [4.78, 5) is 10.7. The molecule has 208 valence electrons. The second kappa shape index (κ2) is 22.2. The number of aromatic amines is 1. The Morgan fingerprint density at radius 1 is 0.625 bits per heavy atom. The Bertz CT molecular complexity index is 1120. The van der Waals surface area contributed by atoms with E-state index in [2.05, 4.69) is 72.1 Å². The van der Waals surface area contributed by atoms with E-state index in [0.29, 0.717) is 0 Å². The number of hydrogen-bond acceptors (Lipinski definition) is 2. The zero-order valence-electron chi connectivity index (χ0n) is 24.7. The number of nitrogens with one attached hydrogen (secondary N) is 1. The Balaban J connectivity index is 0.000000240. The molecule has 0 radical (unpaired) electrons.